The second kappa shape index (κ2) is 4.20. The zero-order valence-electron chi connectivity index (χ0n) is 11.2. The summed E-state index contributed by atoms with van der Waals surface area (Å²) in [4.78, 5) is 4.47. The highest BCUT2D eigenvalue weighted by Crippen LogP contribution is 2.32. The number of benzene rings is 2. The first-order chi connectivity index (χ1) is 9.86. The van der Waals surface area contributed by atoms with Crippen LogP contribution in [0.1, 0.15) is 5.69 Å². The number of aromatic nitrogens is 2. The predicted octanol–water partition coefficient (Wildman–Crippen LogP) is 4.49. The third kappa shape index (κ3) is 1.48. The summed E-state index contributed by atoms with van der Waals surface area (Å²) < 4.78 is 2.30. The molecule has 0 aliphatic rings. The van der Waals surface area contributed by atoms with Gasteiger partial charge in [-0.3, -0.25) is 4.98 Å². The highest BCUT2D eigenvalue weighted by molar-refractivity contribution is 6.09. The van der Waals surface area contributed by atoms with E-state index >= 15 is 0 Å². The van der Waals surface area contributed by atoms with Gasteiger partial charge in [-0.2, -0.15) is 0 Å². The fraction of sp³-hybridized carbons (Fsp3) is 0.0556. The average Bonchev–Trinajstić information content (AvgIpc) is 2.84. The average molecular weight is 258 g/mol. The Morgan fingerprint density at radius 3 is 2.40 bits per heavy atom. The Labute approximate surface area is 117 Å². The third-order valence-corrected chi connectivity index (χ3v) is 3.78. The van der Waals surface area contributed by atoms with Crippen LogP contribution in [0, 0.1) is 6.92 Å². The van der Waals surface area contributed by atoms with E-state index in [-0.39, 0.29) is 0 Å². The van der Waals surface area contributed by atoms with Gasteiger partial charge in [0.15, 0.2) is 0 Å². The second-order valence-electron chi connectivity index (χ2n) is 4.98. The maximum absolute atomic E-state index is 4.47. The summed E-state index contributed by atoms with van der Waals surface area (Å²) in [6, 6.07) is 21.1. The summed E-state index contributed by atoms with van der Waals surface area (Å²) in [7, 11) is 0. The molecule has 2 nitrogen and oxygen atoms in total. The van der Waals surface area contributed by atoms with Crippen LogP contribution in [-0.4, -0.2) is 9.55 Å². The van der Waals surface area contributed by atoms with Crippen LogP contribution in [0.25, 0.3) is 27.5 Å². The van der Waals surface area contributed by atoms with Gasteiger partial charge in [0, 0.05) is 22.7 Å². The van der Waals surface area contributed by atoms with Crippen LogP contribution in [0.3, 0.4) is 0 Å². The van der Waals surface area contributed by atoms with Crippen LogP contribution in [0.2, 0.25) is 0 Å². The van der Waals surface area contributed by atoms with Gasteiger partial charge in [-0.15, -0.1) is 0 Å². The number of fused-ring (bicyclic) bond motifs is 3. The number of rotatable bonds is 1. The van der Waals surface area contributed by atoms with Crippen LogP contribution in [0.15, 0.2) is 66.9 Å². The molecule has 0 amide bonds. The SMILES string of the molecule is Cc1nccc2c3ccccc3n(-c3ccccc3)c12. The van der Waals surface area contributed by atoms with Gasteiger partial charge in [0.25, 0.3) is 0 Å². The molecule has 0 unspecified atom stereocenters. The fourth-order valence-corrected chi connectivity index (χ4v) is 2.92. The van der Waals surface area contributed by atoms with Crippen LogP contribution < -0.4 is 0 Å². The molecule has 20 heavy (non-hydrogen) atoms. The number of hydrogen-bond acceptors (Lipinski definition) is 1. The Balaban J connectivity index is 2.27. The van der Waals surface area contributed by atoms with Gasteiger partial charge in [0.1, 0.15) is 0 Å². The van der Waals surface area contributed by atoms with Gasteiger partial charge >= 0.3 is 0 Å². The maximum Gasteiger partial charge on any atom is 0.0753 e. The van der Waals surface area contributed by atoms with Gasteiger partial charge in [-0.25, -0.2) is 0 Å². The number of pyridine rings is 1. The van der Waals surface area contributed by atoms with E-state index in [9.17, 15) is 0 Å². The smallest absolute Gasteiger partial charge is 0.0753 e. The molecular weight excluding hydrogens is 244 g/mol. The summed E-state index contributed by atoms with van der Waals surface area (Å²) in [5.74, 6) is 0. The summed E-state index contributed by atoms with van der Waals surface area (Å²) in [6.07, 6.45) is 1.89. The van der Waals surface area contributed by atoms with Crippen molar-refractivity contribution in [2.24, 2.45) is 0 Å². The highest BCUT2D eigenvalue weighted by atomic mass is 15.0. The van der Waals surface area contributed by atoms with Crippen LogP contribution in [0.4, 0.5) is 0 Å². The molecule has 4 aromatic rings. The molecular formula is C18H14N2. The highest BCUT2D eigenvalue weighted by Gasteiger charge is 2.13. The van der Waals surface area contributed by atoms with Crippen LogP contribution >= 0.6 is 0 Å². The summed E-state index contributed by atoms with van der Waals surface area (Å²) in [6.45, 7) is 2.07. The summed E-state index contributed by atoms with van der Waals surface area (Å²) >= 11 is 0. The van der Waals surface area contributed by atoms with E-state index in [2.05, 4.69) is 71.1 Å². The number of nitrogens with zero attached hydrogens (tertiary/aromatic N) is 2. The van der Waals surface area contributed by atoms with E-state index in [1.165, 1.54) is 27.5 Å². The minimum absolute atomic E-state index is 1.06. The first kappa shape index (κ1) is 11.2. The first-order valence-corrected chi connectivity index (χ1v) is 6.76. The molecule has 2 heterocycles. The second-order valence-corrected chi connectivity index (χ2v) is 4.98. The monoisotopic (exact) mass is 258 g/mol. The summed E-state index contributed by atoms with van der Waals surface area (Å²) in [5.41, 5.74) is 4.65. The van der Waals surface area contributed by atoms with Gasteiger partial charge in [0.05, 0.1) is 16.7 Å². The Morgan fingerprint density at radius 1 is 0.800 bits per heavy atom. The van der Waals surface area contributed by atoms with Crippen molar-refractivity contribution >= 4 is 21.8 Å². The molecule has 0 aliphatic carbocycles. The molecule has 0 N–H and O–H groups in total. The lowest BCUT2D eigenvalue weighted by molar-refractivity contribution is 1.13. The molecule has 2 aromatic carbocycles. The molecule has 4 rings (SSSR count). The van der Waals surface area contributed by atoms with E-state index in [0.717, 1.165) is 5.69 Å². The van der Waals surface area contributed by atoms with E-state index < -0.39 is 0 Å². The first-order valence-electron chi connectivity index (χ1n) is 6.76. The Hall–Kier alpha value is -2.61. The zero-order chi connectivity index (χ0) is 13.5. The molecule has 96 valence electrons. The van der Waals surface area contributed by atoms with Crippen LogP contribution in [0.5, 0.6) is 0 Å². The lowest BCUT2D eigenvalue weighted by Gasteiger charge is -2.08. The topological polar surface area (TPSA) is 17.8 Å². The Bertz CT molecular complexity index is 905. The largest absolute Gasteiger partial charge is 0.307 e. The van der Waals surface area contributed by atoms with Crippen molar-refractivity contribution in [2.45, 2.75) is 6.92 Å². The molecule has 0 fully saturated rings. The molecule has 0 spiro atoms. The van der Waals surface area contributed by atoms with Crippen molar-refractivity contribution in [3.8, 4) is 5.69 Å². The quantitative estimate of drug-likeness (QED) is 0.492. The third-order valence-electron chi connectivity index (χ3n) is 3.78. The van der Waals surface area contributed by atoms with Crippen molar-refractivity contribution in [1.29, 1.82) is 0 Å². The standard InChI is InChI=1S/C18H14N2/c1-13-18-16(11-12-19-13)15-9-5-6-10-17(15)20(18)14-7-3-2-4-8-14/h2-12H,1H3. The molecule has 0 aliphatic heterocycles. The maximum atomic E-state index is 4.47. The molecule has 0 atom stereocenters. The van der Waals surface area contributed by atoms with E-state index in [4.69, 9.17) is 0 Å². The normalized spacial score (nSPS) is 11.2. The number of aryl methyl sites for hydroxylation is 1. The molecule has 0 radical (unpaired) electrons. The molecule has 2 heteroatoms. The number of hydrogen-bond donors (Lipinski definition) is 0. The predicted molar refractivity (Wildman–Crippen MR) is 83.3 cm³/mol. The van der Waals surface area contributed by atoms with E-state index in [1.807, 2.05) is 12.3 Å². The van der Waals surface area contributed by atoms with Crippen molar-refractivity contribution in [3.63, 3.8) is 0 Å². The van der Waals surface area contributed by atoms with Crippen molar-refractivity contribution < 1.29 is 0 Å². The molecule has 0 saturated carbocycles. The lowest BCUT2D eigenvalue weighted by atomic mass is 10.2. The minimum Gasteiger partial charge on any atom is -0.307 e. The Kier molecular flexibility index (Phi) is 2.36. The minimum atomic E-state index is 1.06. The number of para-hydroxylation sites is 2. The van der Waals surface area contributed by atoms with Gasteiger partial charge in [0.2, 0.25) is 0 Å². The molecule has 0 bridgehead atoms. The van der Waals surface area contributed by atoms with Crippen molar-refractivity contribution in [3.05, 3.63) is 72.6 Å². The van der Waals surface area contributed by atoms with E-state index in [1.54, 1.807) is 0 Å². The van der Waals surface area contributed by atoms with E-state index in [0.29, 0.717) is 0 Å². The van der Waals surface area contributed by atoms with Gasteiger partial charge in [-0.05, 0) is 31.2 Å². The molecule has 2 aromatic heterocycles. The zero-order valence-corrected chi connectivity index (χ0v) is 11.2. The Morgan fingerprint density at radius 2 is 1.55 bits per heavy atom. The van der Waals surface area contributed by atoms with Crippen molar-refractivity contribution in [2.75, 3.05) is 0 Å². The molecule has 0 saturated heterocycles. The fourth-order valence-electron chi connectivity index (χ4n) is 2.92. The van der Waals surface area contributed by atoms with Crippen molar-refractivity contribution in [1.82, 2.24) is 9.55 Å². The van der Waals surface area contributed by atoms with Gasteiger partial charge in [-0.1, -0.05) is 36.4 Å². The summed E-state index contributed by atoms with van der Waals surface area (Å²) in [5, 5.41) is 2.54. The van der Waals surface area contributed by atoms with Crippen LogP contribution in [-0.2, 0) is 0 Å². The van der Waals surface area contributed by atoms with Gasteiger partial charge < -0.3 is 4.57 Å². The lowest BCUT2D eigenvalue weighted by Crippen LogP contribution is -1.95.